The van der Waals surface area contributed by atoms with Crippen LogP contribution in [0.25, 0.3) is 22.2 Å². The Morgan fingerprint density at radius 1 is 1.24 bits per heavy atom. The SMILES string of the molecule is COc1nc2ccccc2cc1-c1cnc(C2CN(CC3CCOC3)CCN2C(=O)C2CC2)[nH]1. The van der Waals surface area contributed by atoms with Crippen molar-refractivity contribution in [2.24, 2.45) is 11.8 Å². The van der Waals surface area contributed by atoms with E-state index < -0.39 is 0 Å². The third kappa shape index (κ3) is 4.16. The number of nitrogens with one attached hydrogen (secondary N) is 1. The van der Waals surface area contributed by atoms with Crippen LogP contribution in [-0.2, 0) is 9.53 Å². The highest BCUT2D eigenvalue weighted by atomic mass is 16.5. The standard InChI is InChI=1S/C26H31N5O3/c1-33-25-20(12-19-4-2-3-5-21(19)29-25)22-13-27-24(28-22)23-15-30(14-17-8-11-34-16-17)9-10-31(23)26(32)18-6-7-18/h2-5,12-13,17-18,23H,6-11,14-16H2,1H3,(H,27,28). The van der Waals surface area contributed by atoms with Crippen molar-refractivity contribution >= 4 is 16.8 Å². The van der Waals surface area contributed by atoms with Gasteiger partial charge in [-0.2, -0.15) is 0 Å². The molecule has 8 nitrogen and oxygen atoms in total. The molecule has 34 heavy (non-hydrogen) atoms. The highest BCUT2D eigenvalue weighted by Crippen LogP contribution is 2.37. The van der Waals surface area contributed by atoms with E-state index in [4.69, 9.17) is 14.5 Å². The van der Waals surface area contributed by atoms with Crippen LogP contribution in [0.5, 0.6) is 5.88 Å². The van der Waals surface area contributed by atoms with Crippen molar-refractivity contribution in [1.82, 2.24) is 24.8 Å². The van der Waals surface area contributed by atoms with Gasteiger partial charge in [-0.25, -0.2) is 9.97 Å². The molecule has 1 aliphatic carbocycles. The van der Waals surface area contributed by atoms with Gasteiger partial charge in [-0.15, -0.1) is 0 Å². The fourth-order valence-corrected chi connectivity index (χ4v) is 5.25. The van der Waals surface area contributed by atoms with Gasteiger partial charge in [0.2, 0.25) is 11.8 Å². The molecule has 1 saturated carbocycles. The molecule has 2 atom stereocenters. The molecule has 0 radical (unpaired) electrons. The van der Waals surface area contributed by atoms with Crippen LogP contribution in [-0.4, -0.2) is 77.2 Å². The summed E-state index contributed by atoms with van der Waals surface area (Å²) >= 11 is 0. The van der Waals surface area contributed by atoms with Crippen LogP contribution in [0.2, 0.25) is 0 Å². The Morgan fingerprint density at radius 3 is 2.91 bits per heavy atom. The molecular weight excluding hydrogens is 430 g/mol. The van der Waals surface area contributed by atoms with Gasteiger partial charge < -0.3 is 19.4 Å². The van der Waals surface area contributed by atoms with E-state index in [1.165, 1.54) is 0 Å². The lowest BCUT2D eigenvalue weighted by molar-refractivity contribution is -0.138. The van der Waals surface area contributed by atoms with E-state index in [1.807, 2.05) is 30.5 Å². The minimum Gasteiger partial charge on any atom is -0.480 e. The highest BCUT2D eigenvalue weighted by Gasteiger charge is 2.40. The monoisotopic (exact) mass is 461 g/mol. The number of amides is 1. The Balaban J connectivity index is 1.30. The van der Waals surface area contributed by atoms with Crippen LogP contribution in [0.1, 0.15) is 31.1 Å². The molecule has 4 heterocycles. The lowest BCUT2D eigenvalue weighted by Gasteiger charge is -2.41. The van der Waals surface area contributed by atoms with Gasteiger partial charge in [0.05, 0.1) is 36.7 Å². The predicted octanol–water partition coefficient (Wildman–Crippen LogP) is 3.27. The molecule has 8 heteroatoms. The van der Waals surface area contributed by atoms with Gasteiger partial charge in [0.25, 0.3) is 0 Å². The molecule has 2 unspecified atom stereocenters. The van der Waals surface area contributed by atoms with Gasteiger partial charge in [0.15, 0.2) is 0 Å². The molecule has 2 aromatic heterocycles. The quantitative estimate of drug-likeness (QED) is 0.607. The largest absolute Gasteiger partial charge is 0.480 e. The van der Waals surface area contributed by atoms with Crippen molar-refractivity contribution in [3.8, 4) is 17.1 Å². The fourth-order valence-electron chi connectivity index (χ4n) is 5.25. The summed E-state index contributed by atoms with van der Waals surface area (Å²) < 4.78 is 11.2. The number of aromatic nitrogens is 3. The van der Waals surface area contributed by atoms with Crippen LogP contribution in [0.15, 0.2) is 36.5 Å². The number of fused-ring (bicyclic) bond motifs is 1. The third-order valence-electron chi connectivity index (χ3n) is 7.30. The molecule has 3 aliphatic rings. The molecule has 1 amide bonds. The summed E-state index contributed by atoms with van der Waals surface area (Å²) in [6.45, 7) is 5.14. The smallest absolute Gasteiger partial charge is 0.226 e. The number of piperazine rings is 1. The van der Waals surface area contributed by atoms with Gasteiger partial charge >= 0.3 is 0 Å². The maximum absolute atomic E-state index is 13.1. The van der Waals surface area contributed by atoms with E-state index in [1.54, 1.807) is 7.11 Å². The molecule has 3 aromatic rings. The summed E-state index contributed by atoms with van der Waals surface area (Å²) in [6, 6.07) is 10.0. The first-order chi connectivity index (χ1) is 16.7. The predicted molar refractivity (Wildman–Crippen MR) is 128 cm³/mol. The van der Waals surface area contributed by atoms with E-state index in [9.17, 15) is 4.79 Å². The first kappa shape index (κ1) is 21.6. The average molecular weight is 462 g/mol. The summed E-state index contributed by atoms with van der Waals surface area (Å²) in [5, 5.41) is 1.04. The molecule has 1 N–H and O–H groups in total. The topological polar surface area (TPSA) is 83.6 Å². The van der Waals surface area contributed by atoms with Crippen molar-refractivity contribution in [2.75, 3.05) is 46.5 Å². The summed E-state index contributed by atoms with van der Waals surface area (Å²) in [7, 11) is 1.64. The lowest BCUT2D eigenvalue weighted by Crippen LogP contribution is -2.52. The van der Waals surface area contributed by atoms with E-state index in [0.29, 0.717) is 11.8 Å². The van der Waals surface area contributed by atoms with Crippen molar-refractivity contribution in [3.05, 3.63) is 42.4 Å². The van der Waals surface area contributed by atoms with Gasteiger partial charge in [-0.1, -0.05) is 18.2 Å². The van der Waals surface area contributed by atoms with E-state index in [2.05, 4.69) is 25.8 Å². The number of nitrogens with zero attached hydrogens (tertiary/aromatic N) is 4. The van der Waals surface area contributed by atoms with Crippen LogP contribution >= 0.6 is 0 Å². The first-order valence-corrected chi connectivity index (χ1v) is 12.3. The number of ether oxygens (including phenoxy) is 2. The number of aromatic amines is 1. The Bertz CT molecular complexity index is 1180. The molecule has 0 bridgehead atoms. The summed E-state index contributed by atoms with van der Waals surface area (Å²) in [4.78, 5) is 30.6. The second-order valence-electron chi connectivity index (χ2n) is 9.73. The zero-order valence-electron chi connectivity index (χ0n) is 19.6. The number of benzene rings is 1. The number of methoxy groups -OCH3 is 1. The first-order valence-electron chi connectivity index (χ1n) is 12.3. The van der Waals surface area contributed by atoms with Crippen molar-refractivity contribution in [3.63, 3.8) is 0 Å². The average Bonchev–Trinajstić information content (AvgIpc) is 3.38. The number of para-hydroxylation sites is 1. The molecule has 2 aliphatic heterocycles. The third-order valence-corrected chi connectivity index (χ3v) is 7.30. The van der Waals surface area contributed by atoms with Crippen LogP contribution < -0.4 is 4.74 Å². The number of H-pyrrole nitrogens is 1. The lowest BCUT2D eigenvalue weighted by atomic mass is 10.1. The maximum Gasteiger partial charge on any atom is 0.226 e. The Labute approximate surface area is 199 Å². The Kier molecular flexibility index (Phi) is 5.71. The number of carbonyl (C=O) groups is 1. The number of carbonyl (C=O) groups excluding carboxylic acids is 1. The zero-order chi connectivity index (χ0) is 23.1. The summed E-state index contributed by atoms with van der Waals surface area (Å²) in [5.41, 5.74) is 2.61. The molecule has 2 saturated heterocycles. The number of hydrogen-bond acceptors (Lipinski definition) is 6. The molecular formula is C26H31N5O3. The van der Waals surface area contributed by atoms with Crippen molar-refractivity contribution < 1.29 is 14.3 Å². The van der Waals surface area contributed by atoms with Crippen LogP contribution in [0.4, 0.5) is 0 Å². The Morgan fingerprint density at radius 2 is 2.12 bits per heavy atom. The second kappa shape index (κ2) is 9.00. The molecule has 1 aromatic carbocycles. The molecule has 3 fully saturated rings. The fraction of sp³-hybridized carbons (Fsp3) is 0.500. The van der Waals surface area contributed by atoms with Gasteiger partial charge in [-0.05, 0) is 37.3 Å². The van der Waals surface area contributed by atoms with Gasteiger partial charge in [0.1, 0.15) is 11.9 Å². The summed E-state index contributed by atoms with van der Waals surface area (Å²) in [6.07, 6.45) is 4.97. The maximum atomic E-state index is 13.1. The molecule has 178 valence electrons. The second-order valence-corrected chi connectivity index (χ2v) is 9.73. The zero-order valence-corrected chi connectivity index (χ0v) is 19.6. The number of hydrogen-bond donors (Lipinski definition) is 1. The van der Waals surface area contributed by atoms with Crippen molar-refractivity contribution in [2.45, 2.75) is 25.3 Å². The van der Waals surface area contributed by atoms with Crippen LogP contribution in [0, 0.1) is 11.8 Å². The Hall–Kier alpha value is -2.97. The number of imidazole rings is 1. The van der Waals surface area contributed by atoms with E-state index in [0.717, 1.165) is 86.6 Å². The summed E-state index contributed by atoms with van der Waals surface area (Å²) in [5.74, 6) is 2.43. The normalized spacial score (nSPS) is 23.5. The number of pyridine rings is 1. The molecule has 6 rings (SSSR count). The minimum atomic E-state index is -0.0858. The van der Waals surface area contributed by atoms with E-state index in [-0.39, 0.29) is 17.9 Å². The van der Waals surface area contributed by atoms with Gasteiger partial charge in [0, 0.05) is 44.1 Å². The number of rotatable bonds is 6. The van der Waals surface area contributed by atoms with Crippen molar-refractivity contribution in [1.29, 1.82) is 0 Å². The van der Waals surface area contributed by atoms with Gasteiger partial charge in [-0.3, -0.25) is 9.69 Å². The highest BCUT2D eigenvalue weighted by molar-refractivity contribution is 5.85. The minimum absolute atomic E-state index is 0.0858. The molecule has 0 spiro atoms. The van der Waals surface area contributed by atoms with Crippen LogP contribution in [0.3, 0.4) is 0 Å². The van der Waals surface area contributed by atoms with E-state index >= 15 is 0 Å².